The van der Waals surface area contributed by atoms with E-state index in [1.54, 1.807) is 0 Å². The van der Waals surface area contributed by atoms with Crippen molar-refractivity contribution in [1.29, 1.82) is 0 Å². The average Bonchev–Trinajstić information content (AvgIpc) is 3.13. The Balaban J connectivity index is 1.50. The molecule has 1 amide bonds. The van der Waals surface area contributed by atoms with Crippen molar-refractivity contribution in [1.82, 2.24) is 5.32 Å². The zero-order valence-electron chi connectivity index (χ0n) is 17.4. The maximum atomic E-state index is 12.4. The number of carbonyl (C=O) groups excluding carboxylic acids is 1. The lowest BCUT2D eigenvalue weighted by atomic mass is 10.2. The Hall–Kier alpha value is -3.22. The molecular formula is C25H21ClN2O3S. The number of hydrogen-bond acceptors (Lipinski definition) is 5. The quantitative estimate of drug-likeness (QED) is 0.422. The van der Waals surface area contributed by atoms with Crippen molar-refractivity contribution < 1.29 is 14.3 Å². The fourth-order valence-corrected chi connectivity index (χ4v) is 3.96. The highest BCUT2D eigenvalue weighted by Gasteiger charge is 2.24. The minimum absolute atomic E-state index is 0.175. The smallest absolute Gasteiger partial charge is 0.264 e. The summed E-state index contributed by atoms with van der Waals surface area (Å²) < 4.78 is 11.7. The molecule has 32 heavy (non-hydrogen) atoms. The van der Waals surface area contributed by atoms with Gasteiger partial charge in [0, 0.05) is 5.02 Å². The van der Waals surface area contributed by atoms with E-state index in [9.17, 15) is 4.79 Å². The first-order valence-corrected chi connectivity index (χ1v) is 11.3. The molecule has 0 aliphatic carbocycles. The molecular weight excluding hydrogens is 444 g/mol. The summed E-state index contributed by atoms with van der Waals surface area (Å²) in [6, 6.07) is 22.6. The van der Waals surface area contributed by atoms with Crippen molar-refractivity contribution in [2.75, 3.05) is 6.61 Å². The second-order valence-electron chi connectivity index (χ2n) is 6.87. The van der Waals surface area contributed by atoms with Crippen molar-refractivity contribution in [3.63, 3.8) is 0 Å². The Morgan fingerprint density at radius 1 is 1.00 bits per heavy atom. The summed E-state index contributed by atoms with van der Waals surface area (Å²) in [6.45, 7) is 2.82. The Morgan fingerprint density at radius 3 is 2.53 bits per heavy atom. The molecule has 0 aromatic heterocycles. The summed E-state index contributed by atoms with van der Waals surface area (Å²) in [5.41, 5.74) is 2.63. The van der Waals surface area contributed by atoms with Crippen LogP contribution < -0.4 is 14.8 Å². The second-order valence-corrected chi connectivity index (χ2v) is 8.34. The number of hydrogen-bond donors (Lipinski definition) is 1. The van der Waals surface area contributed by atoms with E-state index in [0.29, 0.717) is 39.8 Å². The number of halogens is 1. The fourth-order valence-electron chi connectivity index (χ4n) is 3.00. The zero-order valence-corrected chi connectivity index (χ0v) is 19.0. The third-order valence-corrected chi connectivity index (χ3v) is 5.67. The molecule has 1 fully saturated rings. The number of amides is 1. The Morgan fingerprint density at radius 2 is 1.78 bits per heavy atom. The largest absolute Gasteiger partial charge is 0.490 e. The van der Waals surface area contributed by atoms with Crippen LogP contribution in [0.3, 0.4) is 0 Å². The monoisotopic (exact) mass is 464 g/mol. The maximum Gasteiger partial charge on any atom is 0.264 e. The topological polar surface area (TPSA) is 59.9 Å². The first kappa shape index (κ1) is 22.0. The van der Waals surface area contributed by atoms with Crippen LogP contribution in [0.2, 0.25) is 5.02 Å². The van der Waals surface area contributed by atoms with Crippen molar-refractivity contribution >= 4 is 46.2 Å². The number of benzene rings is 3. The summed E-state index contributed by atoms with van der Waals surface area (Å²) in [7, 11) is 0. The molecule has 0 unspecified atom stereocenters. The number of aliphatic imine (C=N–C) groups is 1. The van der Waals surface area contributed by atoms with E-state index in [2.05, 4.69) is 10.3 Å². The highest BCUT2D eigenvalue weighted by molar-refractivity contribution is 8.18. The second kappa shape index (κ2) is 10.4. The molecule has 7 heteroatoms. The molecule has 1 aliphatic heterocycles. The summed E-state index contributed by atoms with van der Waals surface area (Å²) in [5, 5.41) is 4.05. The average molecular weight is 465 g/mol. The van der Waals surface area contributed by atoms with Gasteiger partial charge in [0.1, 0.15) is 6.61 Å². The minimum Gasteiger partial charge on any atom is -0.490 e. The number of ether oxygens (including phenoxy) is 2. The summed E-state index contributed by atoms with van der Waals surface area (Å²) in [5.74, 6) is 1.09. The normalized spacial score (nSPS) is 15.8. The van der Waals surface area contributed by atoms with Crippen LogP contribution >= 0.6 is 23.4 Å². The predicted octanol–water partition coefficient (Wildman–Crippen LogP) is 6.21. The number of carbonyl (C=O) groups is 1. The van der Waals surface area contributed by atoms with E-state index in [1.807, 2.05) is 85.8 Å². The molecule has 0 spiro atoms. The van der Waals surface area contributed by atoms with Gasteiger partial charge in [-0.25, -0.2) is 4.99 Å². The summed E-state index contributed by atoms with van der Waals surface area (Å²) >= 11 is 7.25. The van der Waals surface area contributed by atoms with Gasteiger partial charge in [-0.1, -0.05) is 48.0 Å². The third kappa shape index (κ3) is 5.72. The van der Waals surface area contributed by atoms with E-state index in [0.717, 1.165) is 16.8 Å². The lowest BCUT2D eigenvalue weighted by Gasteiger charge is -2.13. The summed E-state index contributed by atoms with van der Waals surface area (Å²) in [4.78, 5) is 17.4. The van der Waals surface area contributed by atoms with Gasteiger partial charge in [0.15, 0.2) is 16.7 Å². The highest BCUT2D eigenvalue weighted by atomic mass is 35.5. The maximum absolute atomic E-state index is 12.4. The number of amidine groups is 1. The van der Waals surface area contributed by atoms with Gasteiger partial charge in [0.05, 0.1) is 17.2 Å². The number of nitrogens with zero attached hydrogens (tertiary/aromatic N) is 1. The standard InChI is InChI=1S/C25H21ClN2O3S/c1-2-30-22-14-18(10-13-21(22)31-16-17-8-11-19(26)12-9-17)15-23-24(29)28-25(32-23)27-20-6-4-3-5-7-20/h3-15H,2,16H2,1H3,(H,27,28,29)/b23-15-. The molecule has 0 radical (unpaired) electrons. The van der Waals surface area contributed by atoms with Crippen LogP contribution in [0.1, 0.15) is 18.1 Å². The fraction of sp³-hybridized carbons (Fsp3) is 0.120. The van der Waals surface area contributed by atoms with Gasteiger partial charge >= 0.3 is 0 Å². The van der Waals surface area contributed by atoms with E-state index < -0.39 is 0 Å². The molecule has 3 aromatic rings. The molecule has 0 saturated carbocycles. The molecule has 4 rings (SSSR count). The van der Waals surface area contributed by atoms with Gasteiger partial charge in [0.2, 0.25) is 0 Å². The molecule has 1 N–H and O–H groups in total. The van der Waals surface area contributed by atoms with E-state index in [1.165, 1.54) is 11.8 Å². The SMILES string of the molecule is CCOc1cc(/C=C2\SC(=Nc3ccccc3)NC2=O)ccc1OCc1ccc(Cl)cc1. The minimum atomic E-state index is -0.175. The molecule has 0 bridgehead atoms. The Bertz CT molecular complexity index is 1160. The molecule has 162 valence electrons. The van der Waals surface area contributed by atoms with Crippen LogP contribution in [0.25, 0.3) is 6.08 Å². The molecule has 3 aromatic carbocycles. The van der Waals surface area contributed by atoms with Gasteiger partial charge in [0.25, 0.3) is 5.91 Å². The van der Waals surface area contributed by atoms with Crippen molar-refractivity contribution in [2.45, 2.75) is 13.5 Å². The zero-order chi connectivity index (χ0) is 22.3. The van der Waals surface area contributed by atoms with Crippen LogP contribution in [0.15, 0.2) is 82.7 Å². The first-order valence-electron chi connectivity index (χ1n) is 10.1. The Labute approximate surface area is 196 Å². The van der Waals surface area contributed by atoms with Gasteiger partial charge in [-0.3, -0.25) is 4.79 Å². The molecule has 1 aliphatic rings. The highest BCUT2D eigenvalue weighted by Crippen LogP contribution is 2.33. The van der Waals surface area contributed by atoms with Crippen LogP contribution in [-0.2, 0) is 11.4 Å². The number of rotatable bonds is 7. The first-order chi connectivity index (χ1) is 15.6. The van der Waals surface area contributed by atoms with Crippen LogP contribution in [0.5, 0.6) is 11.5 Å². The van der Waals surface area contributed by atoms with Crippen LogP contribution in [0, 0.1) is 0 Å². The number of para-hydroxylation sites is 1. The third-order valence-electron chi connectivity index (χ3n) is 4.51. The Kier molecular flexibility index (Phi) is 7.14. The van der Waals surface area contributed by atoms with Crippen LogP contribution in [-0.4, -0.2) is 17.7 Å². The predicted molar refractivity (Wildman–Crippen MR) is 131 cm³/mol. The van der Waals surface area contributed by atoms with E-state index >= 15 is 0 Å². The van der Waals surface area contributed by atoms with Gasteiger partial charge in [-0.2, -0.15) is 0 Å². The lowest BCUT2D eigenvalue weighted by molar-refractivity contribution is -0.115. The van der Waals surface area contributed by atoms with Crippen molar-refractivity contribution in [3.8, 4) is 11.5 Å². The summed E-state index contributed by atoms with van der Waals surface area (Å²) in [6.07, 6.45) is 1.82. The van der Waals surface area contributed by atoms with Gasteiger partial charge < -0.3 is 14.8 Å². The van der Waals surface area contributed by atoms with E-state index in [-0.39, 0.29) is 5.91 Å². The molecule has 5 nitrogen and oxygen atoms in total. The number of thioether (sulfide) groups is 1. The van der Waals surface area contributed by atoms with Crippen molar-refractivity contribution in [2.24, 2.45) is 4.99 Å². The molecule has 1 saturated heterocycles. The van der Waals surface area contributed by atoms with Crippen LogP contribution in [0.4, 0.5) is 5.69 Å². The molecule has 0 atom stereocenters. The van der Waals surface area contributed by atoms with Crippen molar-refractivity contribution in [3.05, 3.63) is 93.9 Å². The van der Waals surface area contributed by atoms with E-state index in [4.69, 9.17) is 21.1 Å². The van der Waals surface area contributed by atoms with Gasteiger partial charge in [-0.05, 0) is 72.3 Å². The lowest BCUT2D eigenvalue weighted by Crippen LogP contribution is -2.19. The van der Waals surface area contributed by atoms with Gasteiger partial charge in [-0.15, -0.1) is 0 Å². The number of nitrogens with one attached hydrogen (secondary N) is 1. The molecule has 1 heterocycles.